The Morgan fingerprint density at radius 1 is 1.00 bits per heavy atom. The summed E-state index contributed by atoms with van der Waals surface area (Å²) in [5, 5.41) is 2.90. The molecule has 0 saturated carbocycles. The fraction of sp³-hybridized carbons (Fsp3) is 0.316. The van der Waals surface area contributed by atoms with Gasteiger partial charge in [-0.05, 0) is 24.0 Å². The lowest BCUT2D eigenvalue weighted by molar-refractivity contribution is 0.121. The largest absolute Gasteiger partial charge is 0.444 e. The molecule has 1 saturated heterocycles. The number of hydrogen-bond donors (Lipinski definition) is 2. The zero-order valence-corrected chi connectivity index (χ0v) is 13.0. The minimum Gasteiger partial charge on any atom is -0.444 e. The lowest BCUT2D eigenvalue weighted by Gasteiger charge is -2.20. The standard InChI is InChI=1S/C19H22N2O2/c20-16(11-14-7-3-1-4-8-14)13-18-17(21-19(22)23-18)12-15-9-5-2-6-10-15/h1-10,16-18H,11-13,20H2,(H,21,22)/t16-,17?,18?/m0/s1. The second-order valence-electron chi connectivity index (χ2n) is 6.07. The van der Waals surface area contributed by atoms with Gasteiger partial charge in [-0.2, -0.15) is 0 Å². The van der Waals surface area contributed by atoms with Crippen molar-refractivity contribution in [2.45, 2.75) is 37.5 Å². The maximum Gasteiger partial charge on any atom is 0.407 e. The minimum atomic E-state index is -0.345. The molecular weight excluding hydrogens is 288 g/mol. The predicted molar refractivity (Wildman–Crippen MR) is 90.1 cm³/mol. The Balaban J connectivity index is 1.59. The quantitative estimate of drug-likeness (QED) is 0.862. The lowest BCUT2D eigenvalue weighted by Crippen LogP contribution is -2.38. The highest BCUT2D eigenvalue weighted by Gasteiger charge is 2.34. The number of carbonyl (C=O) groups is 1. The van der Waals surface area contributed by atoms with Crippen LogP contribution in [-0.2, 0) is 17.6 Å². The summed E-state index contributed by atoms with van der Waals surface area (Å²) in [5.74, 6) is 0. The van der Waals surface area contributed by atoms with Gasteiger partial charge in [-0.25, -0.2) is 4.79 Å². The van der Waals surface area contributed by atoms with Gasteiger partial charge in [0.15, 0.2) is 0 Å². The van der Waals surface area contributed by atoms with Gasteiger partial charge in [0, 0.05) is 12.5 Å². The number of benzene rings is 2. The number of nitrogens with one attached hydrogen (secondary N) is 1. The maximum absolute atomic E-state index is 11.6. The van der Waals surface area contributed by atoms with Gasteiger partial charge in [-0.3, -0.25) is 0 Å². The van der Waals surface area contributed by atoms with E-state index in [2.05, 4.69) is 29.6 Å². The average Bonchev–Trinajstić information content (AvgIpc) is 2.88. The van der Waals surface area contributed by atoms with Crippen molar-refractivity contribution in [3.63, 3.8) is 0 Å². The third-order valence-corrected chi connectivity index (χ3v) is 4.18. The van der Waals surface area contributed by atoms with Gasteiger partial charge in [0.25, 0.3) is 0 Å². The molecule has 1 heterocycles. The molecule has 3 N–H and O–H groups in total. The molecule has 4 nitrogen and oxygen atoms in total. The molecule has 4 heteroatoms. The van der Waals surface area contributed by atoms with Crippen LogP contribution in [-0.4, -0.2) is 24.3 Å². The van der Waals surface area contributed by atoms with Crippen LogP contribution in [0.5, 0.6) is 0 Å². The zero-order valence-electron chi connectivity index (χ0n) is 13.0. The van der Waals surface area contributed by atoms with Gasteiger partial charge in [0.05, 0.1) is 6.04 Å². The SMILES string of the molecule is N[C@@H](Cc1ccccc1)CC1OC(=O)NC1Cc1ccccc1. The first-order valence-electron chi connectivity index (χ1n) is 8.01. The van der Waals surface area contributed by atoms with Gasteiger partial charge in [0.2, 0.25) is 0 Å². The van der Waals surface area contributed by atoms with Crippen LogP contribution in [0.3, 0.4) is 0 Å². The van der Waals surface area contributed by atoms with Crippen molar-refractivity contribution in [1.82, 2.24) is 5.32 Å². The molecular formula is C19H22N2O2. The van der Waals surface area contributed by atoms with Gasteiger partial charge >= 0.3 is 6.09 Å². The third kappa shape index (κ3) is 4.33. The van der Waals surface area contributed by atoms with E-state index in [0.717, 1.165) is 12.8 Å². The van der Waals surface area contributed by atoms with E-state index in [1.165, 1.54) is 11.1 Å². The van der Waals surface area contributed by atoms with Crippen molar-refractivity contribution in [1.29, 1.82) is 0 Å². The molecule has 0 aromatic heterocycles. The van der Waals surface area contributed by atoms with Crippen LogP contribution in [0.2, 0.25) is 0 Å². The monoisotopic (exact) mass is 310 g/mol. The lowest BCUT2D eigenvalue weighted by atomic mass is 9.95. The molecule has 0 radical (unpaired) electrons. The number of rotatable bonds is 6. The molecule has 2 unspecified atom stereocenters. The van der Waals surface area contributed by atoms with Crippen LogP contribution in [0, 0.1) is 0 Å². The van der Waals surface area contributed by atoms with Crippen LogP contribution in [0.1, 0.15) is 17.5 Å². The van der Waals surface area contributed by atoms with Crippen molar-refractivity contribution < 1.29 is 9.53 Å². The van der Waals surface area contributed by atoms with Crippen LogP contribution in [0.4, 0.5) is 4.79 Å². The number of cyclic esters (lactones) is 1. The number of ether oxygens (including phenoxy) is 1. The van der Waals surface area contributed by atoms with E-state index in [9.17, 15) is 4.79 Å². The molecule has 1 amide bonds. The van der Waals surface area contributed by atoms with E-state index in [1.54, 1.807) is 0 Å². The fourth-order valence-electron chi connectivity index (χ4n) is 3.06. The van der Waals surface area contributed by atoms with Gasteiger partial charge in [0.1, 0.15) is 6.10 Å². The smallest absolute Gasteiger partial charge is 0.407 e. The van der Waals surface area contributed by atoms with Crippen LogP contribution in [0.15, 0.2) is 60.7 Å². The summed E-state index contributed by atoms with van der Waals surface area (Å²) in [6.07, 6.45) is 1.68. The van der Waals surface area contributed by atoms with E-state index < -0.39 is 0 Å². The highest BCUT2D eigenvalue weighted by Crippen LogP contribution is 2.19. The van der Waals surface area contributed by atoms with Gasteiger partial charge < -0.3 is 15.8 Å². The van der Waals surface area contributed by atoms with E-state index >= 15 is 0 Å². The first-order valence-corrected chi connectivity index (χ1v) is 8.01. The molecule has 2 aromatic rings. The first kappa shape index (κ1) is 15.6. The van der Waals surface area contributed by atoms with E-state index in [0.29, 0.717) is 6.42 Å². The number of carbonyl (C=O) groups excluding carboxylic acids is 1. The Labute approximate surface area is 136 Å². The van der Waals surface area contributed by atoms with Crippen LogP contribution < -0.4 is 11.1 Å². The highest BCUT2D eigenvalue weighted by molar-refractivity contribution is 5.70. The first-order chi connectivity index (χ1) is 11.2. The van der Waals surface area contributed by atoms with E-state index in [1.807, 2.05) is 36.4 Å². The maximum atomic E-state index is 11.6. The molecule has 120 valence electrons. The van der Waals surface area contributed by atoms with Gasteiger partial charge in [-0.1, -0.05) is 60.7 Å². The Morgan fingerprint density at radius 3 is 2.26 bits per heavy atom. The predicted octanol–water partition coefficient (Wildman–Crippen LogP) is 2.67. The molecule has 3 atom stereocenters. The summed E-state index contributed by atoms with van der Waals surface area (Å²) in [6, 6.07) is 20.2. The molecule has 1 fully saturated rings. The molecule has 0 aliphatic carbocycles. The normalized spacial score (nSPS) is 21.5. The third-order valence-electron chi connectivity index (χ3n) is 4.18. The molecule has 0 bridgehead atoms. The Kier molecular flexibility index (Phi) is 4.93. The molecule has 2 aromatic carbocycles. The Bertz CT molecular complexity index is 630. The molecule has 3 rings (SSSR count). The summed E-state index contributed by atoms with van der Waals surface area (Å²) in [6.45, 7) is 0. The van der Waals surface area contributed by atoms with Crippen molar-refractivity contribution in [3.8, 4) is 0 Å². The average molecular weight is 310 g/mol. The zero-order chi connectivity index (χ0) is 16.1. The summed E-state index contributed by atoms with van der Waals surface area (Å²) in [7, 11) is 0. The van der Waals surface area contributed by atoms with Crippen LogP contribution >= 0.6 is 0 Å². The van der Waals surface area contributed by atoms with Crippen LogP contribution in [0.25, 0.3) is 0 Å². The Morgan fingerprint density at radius 2 is 1.61 bits per heavy atom. The summed E-state index contributed by atoms with van der Waals surface area (Å²) < 4.78 is 5.42. The number of amides is 1. The molecule has 1 aliphatic rings. The highest BCUT2D eigenvalue weighted by atomic mass is 16.6. The number of nitrogens with two attached hydrogens (primary N) is 1. The molecule has 0 spiro atoms. The number of hydrogen-bond acceptors (Lipinski definition) is 3. The van der Waals surface area contributed by atoms with Crippen molar-refractivity contribution in [2.75, 3.05) is 0 Å². The van der Waals surface area contributed by atoms with Crippen molar-refractivity contribution >= 4 is 6.09 Å². The second kappa shape index (κ2) is 7.29. The fourth-order valence-corrected chi connectivity index (χ4v) is 3.06. The van der Waals surface area contributed by atoms with E-state index in [4.69, 9.17) is 10.5 Å². The van der Waals surface area contributed by atoms with Crippen molar-refractivity contribution in [2.24, 2.45) is 5.73 Å². The minimum absolute atomic E-state index is 0.0216. The van der Waals surface area contributed by atoms with Crippen molar-refractivity contribution in [3.05, 3.63) is 71.8 Å². The van der Waals surface area contributed by atoms with E-state index in [-0.39, 0.29) is 24.3 Å². The topological polar surface area (TPSA) is 64.3 Å². The summed E-state index contributed by atoms with van der Waals surface area (Å²) >= 11 is 0. The number of alkyl carbamates (subject to hydrolysis) is 1. The summed E-state index contributed by atoms with van der Waals surface area (Å²) in [5.41, 5.74) is 8.66. The summed E-state index contributed by atoms with van der Waals surface area (Å²) in [4.78, 5) is 11.6. The molecule has 23 heavy (non-hydrogen) atoms. The second-order valence-corrected chi connectivity index (χ2v) is 6.07. The van der Waals surface area contributed by atoms with Gasteiger partial charge in [-0.15, -0.1) is 0 Å². The molecule has 1 aliphatic heterocycles. The Hall–Kier alpha value is -2.33.